The molecule has 0 bridgehead atoms. The number of non-ortho nitro benzene ring substituents is 1. The SMILES string of the molecule is O=c1c(/C=C/c2ccc([N+](=O)[O-])cc2)c[nH]c2ccccc12. The van der Waals surface area contributed by atoms with E-state index in [0.717, 1.165) is 11.1 Å². The Hall–Kier alpha value is -3.21. The van der Waals surface area contributed by atoms with E-state index < -0.39 is 4.92 Å². The van der Waals surface area contributed by atoms with Crippen molar-refractivity contribution in [2.24, 2.45) is 0 Å². The predicted octanol–water partition coefficient (Wildman–Crippen LogP) is 3.61. The highest BCUT2D eigenvalue weighted by Crippen LogP contribution is 2.14. The topological polar surface area (TPSA) is 76.0 Å². The van der Waals surface area contributed by atoms with Crippen LogP contribution >= 0.6 is 0 Å². The maximum atomic E-state index is 12.3. The third-order valence-corrected chi connectivity index (χ3v) is 3.38. The Morgan fingerprint density at radius 3 is 2.45 bits per heavy atom. The Morgan fingerprint density at radius 1 is 1.00 bits per heavy atom. The molecule has 0 aliphatic carbocycles. The largest absolute Gasteiger partial charge is 0.360 e. The lowest BCUT2D eigenvalue weighted by atomic mass is 10.1. The van der Waals surface area contributed by atoms with Crippen LogP contribution in [0.25, 0.3) is 23.1 Å². The molecule has 2 aromatic carbocycles. The molecule has 1 N–H and O–H groups in total. The normalized spacial score (nSPS) is 11.1. The summed E-state index contributed by atoms with van der Waals surface area (Å²) < 4.78 is 0. The number of nitrogens with one attached hydrogen (secondary N) is 1. The number of aromatic nitrogens is 1. The van der Waals surface area contributed by atoms with E-state index in [-0.39, 0.29) is 11.1 Å². The van der Waals surface area contributed by atoms with E-state index in [1.165, 1.54) is 12.1 Å². The molecule has 5 heteroatoms. The Bertz CT molecular complexity index is 925. The molecule has 22 heavy (non-hydrogen) atoms. The molecule has 0 amide bonds. The fourth-order valence-electron chi connectivity index (χ4n) is 2.20. The second kappa shape index (κ2) is 5.65. The summed E-state index contributed by atoms with van der Waals surface area (Å²) in [4.78, 5) is 25.6. The first-order valence-corrected chi connectivity index (χ1v) is 6.68. The van der Waals surface area contributed by atoms with Gasteiger partial charge >= 0.3 is 0 Å². The number of aromatic amines is 1. The second-order valence-electron chi connectivity index (χ2n) is 4.80. The van der Waals surface area contributed by atoms with Crippen LogP contribution in [0.1, 0.15) is 11.1 Å². The Morgan fingerprint density at radius 2 is 1.73 bits per heavy atom. The van der Waals surface area contributed by atoms with Crippen molar-refractivity contribution in [3.8, 4) is 0 Å². The standard InChI is InChI=1S/C17H12N2O3/c20-17-13(11-18-16-4-2-1-3-15(16)17)8-5-12-6-9-14(10-7-12)19(21)22/h1-11H,(H,18,20)/b8-5+. The smallest absolute Gasteiger partial charge is 0.269 e. The molecule has 0 atom stereocenters. The quantitative estimate of drug-likeness (QED) is 0.592. The molecule has 108 valence electrons. The van der Waals surface area contributed by atoms with E-state index in [9.17, 15) is 14.9 Å². The number of pyridine rings is 1. The molecule has 0 fully saturated rings. The fourth-order valence-corrected chi connectivity index (χ4v) is 2.20. The van der Waals surface area contributed by atoms with Crippen LogP contribution in [0, 0.1) is 10.1 Å². The number of benzene rings is 2. The van der Waals surface area contributed by atoms with Crippen molar-refractivity contribution in [3.63, 3.8) is 0 Å². The molecule has 1 aromatic heterocycles. The summed E-state index contributed by atoms with van der Waals surface area (Å²) in [5.74, 6) is 0. The molecule has 0 saturated heterocycles. The van der Waals surface area contributed by atoms with Crippen molar-refractivity contribution in [1.29, 1.82) is 0 Å². The fraction of sp³-hybridized carbons (Fsp3) is 0. The monoisotopic (exact) mass is 292 g/mol. The minimum atomic E-state index is -0.443. The van der Waals surface area contributed by atoms with Crippen molar-refractivity contribution < 1.29 is 4.92 Å². The summed E-state index contributed by atoms with van der Waals surface area (Å²) in [5, 5.41) is 11.2. The van der Waals surface area contributed by atoms with E-state index in [1.807, 2.05) is 18.2 Å². The molecule has 0 aliphatic rings. The number of rotatable bonds is 3. The third kappa shape index (κ3) is 2.64. The molecule has 0 unspecified atom stereocenters. The number of hydrogen-bond acceptors (Lipinski definition) is 3. The molecule has 5 nitrogen and oxygen atoms in total. The number of nitro groups is 1. The van der Waals surface area contributed by atoms with Crippen molar-refractivity contribution in [1.82, 2.24) is 4.98 Å². The molecule has 0 saturated carbocycles. The number of fused-ring (bicyclic) bond motifs is 1. The van der Waals surface area contributed by atoms with Gasteiger partial charge in [-0.2, -0.15) is 0 Å². The summed E-state index contributed by atoms with van der Waals surface area (Å²) in [6, 6.07) is 13.5. The van der Waals surface area contributed by atoms with Crippen LogP contribution in [0.5, 0.6) is 0 Å². The predicted molar refractivity (Wildman–Crippen MR) is 86.6 cm³/mol. The third-order valence-electron chi connectivity index (χ3n) is 3.38. The zero-order chi connectivity index (χ0) is 15.5. The summed E-state index contributed by atoms with van der Waals surface area (Å²) in [6.45, 7) is 0. The minimum Gasteiger partial charge on any atom is -0.360 e. The highest BCUT2D eigenvalue weighted by Gasteiger charge is 2.03. The van der Waals surface area contributed by atoms with Crippen molar-refractivity contribution in [2.75, 3.05) is 0 Å². The lowest BCUT2D eigenvalue weighted by molar-refractivity contribution is -0.384. The van der Waals surface area contributed by atoms with Gasteiger partial charge in [0.2, 0.25) is 0 Å². The number of para-hydroxylation sites is 1. The van der Waals surface area contributed by atoms with Gasteiger partial charge < -0.3 is 4.98 Å². The van der Waals surface area contributed by atoms with Crippen LogP contribution in [0.15, 0.2) is 59.5 Å². The number of nitrogens with zero attached hydrogens (tertiary/aromatic N) is 1. The van der Waals surface area contributed by atoms with Crippen LogP contribution in [0.4, 0.5) is 5.69 Å². The highest BCUT2D eigenvalue weighted by atomic mass is 16.6. The van der Waals surface area contributed by atoms with Crippen LogP contribution in [-0.4, -0.2) is 9.91 Å². The summed E-state index contributed by atoms with van der Waals surface area (Å²) >= 11 is 0. The second-order valence-corrected chi connectivity index (χ2v) is 4.80. The highest BCUT2D eigenvalue weighted by molar-refractivity contribution is 5.82. The molecule has 3 rings (SSSR count). The average Bonchev–Trinajstić information content (AvgIpc) is 2.55. The van der Waals surface area contributed by atoms with E-state index in [1.54, 1.807) is 36.5 Å². The van der Waals surface area contributed by atoms with Gasteiger partial charge in [-0.05, 0) is 35.9 Å². The summed E-state index contributed by atoms with van der Waals surface area (Å²) in [6.07, 6.45) is 5.11. The van der Waals surface area contributed by atoms with Crippen LogP contribution in [0.3, 0.4) is 0 Å². The van der Waals surface area contributed by atoms with E-state index >= 15 is 0 Å². The lowest BCUT2D eigenvalue weighted by Crippen LogP contribution is -2.05. The summed E-state index contributed by atoms with van der Waals surface area (Å²) in [7, 11) is 0. The van der Waals surface area contributed by atoms with Gasteiger partial charge in [-0.25, -0.2) is 0 Å². The molecule has 0 spiro atoms. The van der Waals surface area contributed by atoms with Crippen molar-refractivity contribution in [2.45, 2.75) is 0 Å². The van der Waals surface area contributed by atoms with Gasteiger partial charge in [-0.15, -0.1) is 0 Å². The first-order chi connectivity index (χ1) is 10.6. The molecular formula is C17H12N2O3. The van der Waals surface area contributed by atoms with E-state index in [0.29, 0.717) is 10.9 Å². The maximum Gasteiger partial charge on any atom is 0.269 e. The van der Waals surface area contributed by atoms with Gasteiger partial charge in [0.15, 0.2) is 5.43 Å². The molecule has 1 heterocycles. The van der Waals surface area contributed by atoms with Crippen LogP contribution in [0.2, 0.25) is 0 Å². The van der Waals surface area contributed by atoms with Crippen molar-refractivity contribution >= 4 is 28.7 Å². The zero-order valence-electron chi connectivity index (χ0n) is 11.5. The minimum absolute atomic E-state index is 0.0423. The number of nitro benzene ring substituents is 1. The van der Waals surface area contributed by atoms with E-state index in [2.05, 4.69) is 4.98 Å². The van der Waals surface area contributed by atoms with Crippen molar-refractivity contribution in [3.05, 3.63) is 86.2 Å². The van der Waals surface area contributed by atoms with Gasteiger partial charge in [0.25, 0.3) is 5.69 Å². The van der Waals surface area contributed by atoms with Gasteiger partial charge in [0.05, 0.1) is 4.92 Å². The van der Waals surface area contributed by atoms with Gasteiger partial charge in [0.1, 0.15) is 0 Å². The lowest BCUT2D eigenvalue weighted by Gasteiger charge is -1.99. The van der Waals surface area contributed by atoms with Gasteiger partial charge in [-0.1, -0.05) is 18.2 Å². The number of H-pyrrole nitrogens is 1. The zero-order valence-corrected chi connectivity index (χ0v) is 11.5. The average molecular weight is 292 g/mol. The summed E-state index contributed by atoms with van der Waals surface area (Å²) in [5.41, 5.74) is 2.11. The van der Waals surface area contributed by atoms with Crippen LogP contribution in [-0.2, 0) is 0 Å². The first kappa shape index (κ1) is 13.8. The van der Waals surface area contributed by atoms with E-state index in [4.69, 9.17) is 0 Å². The number of hydrogen-bond donors (Lipinski definition) is 1. The Kier molecular flexibility index (Phi) is 3.53. The Labute approximate surface area is 125 Å². The van der Waals surface area contributed by atoms with Crippen LogP contribution < -0.4 is 5.43 Å². The maximum absolute atomic E-state index is 12.3. The first-order valence-electron chi connectivity index (χ1n) is 6.68. The Balaban J connectivity index is 1.94. The van der Waals surface area contributed by atoms with Gasteiger partial charge in [-0.3, -0.25) is 14.9 Å². The molecule has 0 aliphatic heterocycles. The van der Waals surface area contributed by atoms with Gasteiger partial charge in [0, 0.05) is 34.8 Å². The molecular weight excluding hydrogens is 280 g/mol. The molecule has 0 radical (unpaired) electrons. The molecule has 3 aromatic rings.